The number of ether oxygens (including phenoxy) is 1. The zero-order valence-electron chi connectivity index (χ0n) is 8.53. The predicted molar refractivity (Wildman–Crippen MR) is 45.4 cm³/mol. The van der Waals surface area contributed by atoms with Gasteiger partial charge in [-0.25, -0.2) is 0 Å². The number of carbonyl (C=O) groups is 1. The largest absolute Gasteiger partial charge is 0.441 e. The lowest BCUT2D eigenvalue weighted by Crippen LogP contribution is -2.57. The highest BCUT2D eigenvalue weighted by Gasteiger charge is 2.75. The van der Waals surface area contributed by atoms with E-state index >= 15 is 0 Å². The molecule has 0 aromatic heterocycles. The third kappa shape index (κ3) is 2.59. The maximum atomic E-state index is 12.5. The third-order valence-corrected chi connectivity index (χ3v) is 3.55. The van der Waals surface area contributed by atoms with Gasteiger partial charge in [0.1, 0.15) is 0 Å². The molecule has 0 aliphatic carbocycles. The van der Waals surface area contributed by atoms with Gasteiger partial charge in [-0.05, 0) is 21.3 Å². The highest BCUT2D eigenvalue weighted by molar-refractivity contribution is 7.57. The SMILES string of the molecule is CC(=O)OC(P(C)C)(C(F)(F)F)C(F)(F)F. The molecule has 0 radical (unpaired) electrons. The van der Waals surface area contributed by atoms with E-state index < -0.39 is 31.6 Å². The van der Waals surface area contributed by atoms with Crippen LogP contribution in [0.5, 0.6) is 0 Å². The summed E-state index contributed by atoms with van der Waals surface area (Å²) >= 11 is 0. The minimum Gasteiger partial charge on any atom is -0.435 e. The molecule has 0 aromatic rings. The maximum Gasteiger partial charge on any atom is 0.441 e. The number of alkyl halides is 6. The molecule has 0 atom stereocenters. The van der Waals surface area contributed by atoms with E-state index in [1.54, 1.807) is 0 Å². The van der Waals surface area contributed by atoms with Gasteiger partial charge in [0.15, 0.2) is 0 Å². The first kappa shape index (κ1) is 15.5. The van der Waals surface area contributed by atoms with E-state index in [-0.39, 0.29) is 0 Å². The number of carbonyl (C=O) groups excluding carboxylic acids is 1. The van der Waals surface area contributed by atoms with Gasteiger partial charge >= 0.3 is 23.7 Å². The third-order valence-electron chi connectivity index (χ3n) is 1.69. The number of halogens is 6. The van der Waals surface area contributed by atoms with Crippen molar-refractivity contribution in [1.82, 2.24) is 0 Å². The average Bonchev–Trinajstić information content (AvgIpc) is 1.93. The van der Waals surface area contributed by atoms with Crippen molar-refractivity contribution < 1.29 is 35.9 Å². The van der Waals surface area contributed by atoms with Crippen LogP contribution in [0.3, 0.4) is 0 Å². The van der Waals surface area contributed by atoms with Gasteiger partial charge in [0, 0.05) is 6.92 Å². The minimum atomic E-state index is -5.69. The average molecular weight is 270 g/mol. The number of esters is 1. The van der Waals surface area contributed by atoms with Gasteiger partial charge in [0.2, 0.25) is 0 Å². The molecule has 0 fully saturated rings. The van der Waals surface area contributed by atoms with Crippen molar-refractivity contribution in [2.75, 3.05) is 13.3 Å². The monoisotopic (exact) mass is 270 g/mol. The molecule has 0 amide bonds. The van der Waals surface area contributed by atoms with Crippen LogP contribution < -0.4 is 0 Å². The van der Waals surface area contributed by atoms with Crippen molar-refractivity contribution in [3.8, 4) is 0 Å². The summed E-state index contributed by atoms with van der Waals surface area (Å²) in [6.07, 6.45) is -11.4. The number of hydrogen-bond acceptors (Lipinski definition) is 2. The summed E-state index contributed by atoms with van der Waals surface area (Å²) < 4.78 is 78.6. The van der Waals surface area contributed by atoms with E-state index in [1.807, 2.05) is 0 Å². The Morgan fingerprint density at radius 2 is 1.31 bits per heavy atom. The molecule has 0 unspecified atom stereocenters. The smallest absolute Gasteiger partial charge is 0.435 e. The molecule has 0 aliphatic heterocycles. The van der Waals surface area contributed by atoms with Gasteiger partial charge in [-0.15, -0.1) is 0 Å². The first-order valence-electron chi connectivity index (χ1n) is 3.86. The second kappa shape index (κ2) is 4.39. The minimum absolute atomic E-state index is 0.505. The Labute approximate surface area is 88.7 Å². The fourth-order valence-electron chi connectivity index (χ4n) is 1.08. The molecule has 9 heteroatoms. The Morgan fingerprint density at radius 3 is 1.38 bits per heavy atom. The number of hydrogen-bond donors (Lipinski definition) is 0. The first-order valence-corrected chi connectivity index (χ1v) is 6.10. The van der Waals surface area contributed by atoms with E-state index in [2.05, 4.69) is 4.74 Å². The van der Waals surface area contributed by atoms with Gasteiger partial charge in [-0.3, -0.25) is 4.79 Å². The van der Waals surface area contributed by atoms with Crippen LogP contribution in [-0.4, -0.2) is 37.0 Å². The normalized spacial score (nSPS) is 14.1. The fraction of sp³-hybridized carbons (Fsp3) is 0.857. The standard InChI is InChI=1S/C7H9F6O2P/c1-4(14)15-5(16(2)3,6(8,9)10)7(11,12)13/h1-3H3. The van der Waals surface area contributed by atoms with Crippen molar-refractivity contribution in [3.05, 3.63) is 0 Å². The first-order chi connectivity index (χ1) is 6.86. The van der Waals surface area contributed by atoms with Crippen molar-refractivity contribution >= 4 is 13.9 Å². The van der Waals surface area contributed by atoms with E-state index in [9.17, 15) is 31.1 Å². The van der Waals surface area contributed by atoms with E-state index in [0.717, 1.165) is 13.3 Å². The summed E-state index contributed by atoms with van der Waals surface area (Å²) in [6, 6.07) is 0. The Kier molecular flexibility index (Phi) is 4.25. The molecule has 0 heterocycles. The fourth-order valence-corrected chi connectivity index (χ4v) is 2.41. The molecule has 96 valence electrons. The molecule has 0 saturated carbocycles. The Balaban J connectivity index is 5.71. The Hall–Kier alpha value is -0.520. The maximum absolute atomic E-state index is 12.5. The van der Waals surface area contributed by atoms with E-state index in [1.165, 1.54) is 0 Å². The topological polar surface area (TPSA) is 26.3 Å². The van der Waals surface area contributed by atoms with Gasteiger partial charge in [-0.2, -0.15) is 26.3 Å². The zero-order chi connectivity index (χ0) is 13.4. The van der Waals surface area contributed by atoms with Crippen LogP contribution in [0.4, 0.5) is 26.3 Å². The molecule has 0 spiro atoms. The highest BCUT2D eigenvalue weighted by Crippen LogP contribution is 2.61. The molecular formula is C7H9F6O2P. The van der Waals surface area contributed by atoms with Gasteiger partial charge in [0.05, 0.1) is 0 Å². The molecule has 0 N–H and O–H groups in total. The zero-order valence-corrected chi connectivity index (χ0v) is 9.43. The lowest BCUT2D eigenvalue weighted by atomic mass is 10.3. The second-order valence-electron chi connectivity index (χ2n) is 3.13. The molecule has 0 rings (SSSR count). The molecule has 0 aliphatic rings. The Morgan fingerprint density at radius 1 is 1.00 bits per heavy atom. The number of rotatable bonds is 2. The van der Waals surface area contributed by atoms with Crippen LogP contribution in [0.2, 0.25) is 0 Å². The lowest BCUT2D eigenvalue weighted by Gasteiger charge is -2.39. The van der Waals surface area contributed by atoms with Gasteiger partial charge in [0.25, 0.3) is 0 Å². The molecule has 0 saturated heterocycles. The van der Waals surface area contributed by atoms with E-state index in [4.69, 9.17) is 0 Å². The summed E-state index contributed by atoms with van der Waals surface area (Å²) in [4.78, 5) is 10.4. The quantitative estimate of drug-likeness (QED) is 0.438. The van der Waals surface area contributed by atoms with Gasteiger partial charge in [-0.1, -0.05) is 0 Å². The summed E-state index contributed by atoms with van der Waals surface area (Å²) in [7, 11) is -2.65. The molecular weight excluding hydrogens is 261 g/mol. The summed E-state index contributed by atoms with van der Waals surface area (Å²) in [5, 5.41) is -4.39. The summed E-state index contributed by atoms with van der Waals surface area (Å²) in [5.41, 5.74) is 0. The van der Waals surface area contributed by atoms with Crippen LogP contribution in [0.15, 0.2) is 0 Å². The molecule has 2 nitrogen and oxygen atoms in total. The van der Waals surface area contributed by atoms with Crippen LogP contribution >= 0.6 is 7.92 Å². The second-order valence-corrected chi connectivity index (χ2v) is 5.55. The van der Waals surface area contributed by atoms with Crippen molar-refractivity contribution in [2.24, 2.45) is 0 Å². The van der Waals surface area contributed by atoms with Crippen molar-refractivity contribution in [2.45, 2.75) is 24.6 Å². The lowest BCUT2D eigenvalue weighted by molar-refractivity contribution is -0.332. The van der Waals surface area contributed by atoms with Crippen molar-refractivity contribution in [3.63, 3.8) is 0 Å². The Bertz CT molecular complexity index is 255. The predicted octanol–water partition coefficient (Wildman–Crippen LogP) is 3.11. The molecule has 0 bridgehead atoms. The van der Waals surface area contributed by atoms with Crippen molar-refractivity contribution in [1.29, 1.82) is 0 Å². The van der Waals surface area contributed by atoms with Gasteiger partial charge < -0.3 is 4.74 Å². The summed E-state index contributed by atoms with van der Waals surface area (Å²) in [5.74, 6) is -1.62. The van der Waals surface area contributed by atoms with Crippen LogP contribution in [-0.2, 0) is 9.53 Å². The molecule has 0 aromatic carbocycles. The van der Waals surface area contributed by atoms with Crippen LogP contribution in [0.1, 0.15) is 6.92 Å². The van der Waals surface area contributed by atoms with Crippen LogP contribution in [0.25, 0.3) is 0 Å². The highest BCUT2D eigenvalue weighted by atomic mass is 31.1. The van der Waals surface area contributed by atoms with Crippen LogP contribution in [0, 0.1) is 0 Å². The molecule has 16 heavy (non-hydrogen) atoms. The van der Waals surface area contributed by atoms with E-state index in [0.29, 0.717) is 6.92 Å². The summed E-state index contributed by atoms with van der Waals surface area (Å²) in [6.45, 7) is 2.00.